The summed E-state index contributed by atoms with van der Waals surface area (Å²) in [6.07, 6.45) is 2.90. The molecule has 1 saturated heterocycles. The highest BCUT2D eigenvalue weighted by molar-refractivity contribution is 6.43. The molecule has 3 saturated carbocycles. The second-order valence-corrected chi connectivity index (χ2v) is 6.04. The summed E-state index contributed by atoms with van der Waals surface area (Å²) in [5, 5.41) is 0. The Kier molecular flexibility index (Phi) is 1.57. The molecule has 0 amide bonds. The second kappa shape index (κ2) is 2.38. The van der Waals surface area contributed by atoms with Crippen LogP contribution >= 0.6 is 0 Å². The third kappa shape index (κ3) is 0.861. The van der Waals surface area contributed by atoms with Gasteiger partial charge in [0.1, 0.15) is 0 Å². The van der Waals surface area contributed by atoms with Crippen molar-refractivity contribution in [3.63, 3.8) is 0 Å². The molecule has 1 heterocycles. The molecule has 0 aromatic heterocycles. The van der Waals surface area contributed by atoms with Gasteiger partial charge in [-0.2, -0.15) is 0 Å². The van der Waals surface area contributed by atoms with Crippen LogP contribution in [0.1, 0.15) is 33.6 Å². The van der Waals surface area contributed by atoms with Gasteiger partial charge in [-0.15, -0.1) is 0 Å². The van der Waals surface area contributed by atoms with Crippen LogP contribution < -0.4 is 0 Å². The quantitative estimate of drug-likeness (QED) is 0.551. The van der Waals surface area contributed by atoms with Gasteiger partial charge in [0.05, 0.1) is 11.7 Å². The van der Waals surface area contributed by atoms with Crippen LogP contribution in [0.25, 0.3) is 0 Å². The summed E-state index contributed by atoms with van der Waals surface area (Å²) in [6.45, 7) is 9.05. The van der Waals surface area contributed by atoms with Gasteiger partial charge < -0.3 is 9.31 Å². The fourth-order valence-corrected chi connectivity index (χ4v) is 4.07. The lowest BCUT2D eigenvalue weighted by molar-refractivity contribution is -0.199. The summed E-state index contributed by atoms with van der Waals surface area (Å²) in [5.74, 6) is 1.56. The highest BCUT2D eigenvalue weighted by Gasteiger charge is 2.67. The van der Waals surface area contributed by atoms with Crippen molar-refractivity contribution in [2.24, 2.45) is 17.3 Å². The molecule has 78 valence electrons. The predicted molar refractivity (Wildman–Crippen MR) is 56.0 cm³/mol. The Bertz CT molecular complexity index is 278. The minimum atomic E-state index is -0.00231. The van der Waals surface area contributed by atoms with Crippen molar-refractivity contribution >= 4 is 7.12 Å². The van der Waals surface area contributed by atoms with Crippen LogP contribution in [0.3, 0.4) is 0 Å². The monoisotopic (exact) mass is 194 g/mol. The summed E-state index contributed by atoms with van der Waals surface area (Å²) in [7, 11) is 0.000139. The molecule has 3 aliphatic carbocycles. The van der Waals surface area contributed by atoms with Gasteiger partial charge in [-0.1, -0.05) is 13.8 Å². The van der Waals surface area contributed by atoms with Gasteiger partial charge in [-0.05, 0) is 43.8 Å². The van der Waals surface area contributed by atoms with E-state index in [1.165, 1.54) is 12.8 Å². The molecule has 4 fully saturated rings. The van der Waals surface area contributed by atoms with Crippen molar-refractivity contribution in [3.05, 3.63) is 0 Å². The van der Waals surface area contributed by atoms with Gasteiger partial charge in [0.15, 0.2) is 0 Å². The van der Waals surface area contributed by atoms with Gasteiger partial charge in [0.25, 0.3) is 0 Å². The lowest BCUT2D eigenvalue weighted by Gasteiger charge is -2.64. The third-order valence-electron chi connectivity index (χ3n) is 5.08. The standard InChI is InChI=1S/C11H19BO2/c1-10(2)7-5-8(10)11(3)9(6-7)13-12(4)14-11/h7-9H,5-6H2,1-4H3/t7-,8-,9?,11-/m0/s1. The molecule has 0 radical (unpaired) electrons. The van der Waals surface area contributed by atoms with Crippen molar-refractivity contribution in [3.8, 4) is 0 Å². The number of hydrogen-bond acceptors (Lipinski definition) is 2. The molecule has 0 spiro atoms. The smallest absolute Gasteiger partial charge is 0.406 e. The van der Waals surface area contributed by atoms with E-state index < -0.39 is 0 Å². The first-order valence-corrected chi connectivity index (χ1v) is 5.78. The minimum Gasteiger partial charge on any atom is -0.406 e. The van der Waals surface area contributed by atoms with Crippen LogP contribution in [0.5, 0.6) is 0 Å². The molecule has 0 N–H and O–H groups in total. The van der Waals surface area contributed by atoms with Crippen LogP contribution in [0, 0.1) is 17.3 Å². The first-order valence-electron chi connectivity index (χ1n) is 5.78. The zero-order chi connectivity index (χ0) is 10.1. The average molecular weight is 194 g/mol. The fraction of sp³-hybridized carbons (Fsp3) is 1.00. The van der Waals surface area contributed by atoms with Gasteiger partial charge in [-0.3, -0.25) is 0 Å². The fourth-order valence-electron chi connectivity index (χ4n) is 4.07. The van der Waals surface area contributed by atoms with E-state index in [9.17, 15) is 0 Å². The highest BCUT2D eigenvalue weighted by atomic mass is 16.7. The largest absolute Gasteiger partial charge is 0.454 e. The topological polar surface area (TPSA) is 18.5 Å². The van der Waals surface area contributed by atoms with E-state index in [2.05, 4.69) is 20.8 Å². The molecule has 2 bridgehead atoms. The molecule has 4 atom stereocenters. The van der Waals surface area contributed by atoms with Crippen molar-refractivity contribution < 1.29 is 9.31 Å². The summed E-state index contributed by atoms with van der Waals surface area (Å²) >= 11 is 0. The SMILES string of the molecule is CB1OC2C[C@@H]3C[C@@H](C3(C)C)[C@]2(C)O1. The van der Waals surface area contributed by atoms with Crippen LogP contribution in [0.4, 0.5) is 0 Å². The van der Waals surface area contributed by atoms with Crippen molar-refractivity contribution in [2.75, 3.05) is 0 Å². The Morgan fingerprint density at radius 2 is 1.93 bits per heavy atom. The van der Waals surface area contributed by atoms with E-state index in [1.54, 1.807) is 0 Å². The molecule has 14 heavy (non-hydrogen) atoms. The van der Waals surface area contributed by atoms with Gasteiger partial charge in [0, 0.05) is 0 Å². The van der Waals surface area contributed by atoms with Crippen molar-refractivity contribution in [1.82, 2.24) is 0 Å². The first kappa shape index (κ1) is 9.23. The molecular formula is C11H19BO2. The molecule has 0 aromatic carbocycles. The van der Waals surface area contributed by atoms with Crippen LogP contribution in [0.15, 0.2) is 0 Å². The predicted octanol–water partition coefficient (Wildman–Crippen LogP) is 2.34. The third-order valence-corrected chi connectivity index (χ3v) is 5.08. The zero-order valence-electron chi connectivity index (χ0n) is 9.54. The summed E-state index contributed by atoms with van der Waals surface area (Å²) in [5.41, 5.74) is 0.469. The van der Waals surface area contributed by atoms with Crippen LogP contribution in [0.2, 0.25) is 6.82 Å². The number of rotatable bonds is 0. The molecule has 4 rings (SSSR count). The maximum atomic E-state index is 6.02. The van der Waals surface area contributed by atoms with Crippen LogP contribution in [-0.2, 0) is 9.31 Å². The Labute approximate surface area is 86.5 Å². The first-order chi connectivity index (χ1) is 6.44. The zero-order valence-corrected chi connectivity index (χ0v) is 9.54. The maximum absolute atomic E-state index is 6.02. The maximum Gasteiger partial charge on any atom is 0.454 e. The van der Waals surface area contributed by atoms with Gasteiger partial charge in [-0.25, -0.2) is 0 Å². The molecule has 3 heteroatoms. The molecule has 2 nitrogen and oxygen atoms in total. The summed E-state index contributed by atoms with van der Waals surface area (Å²) < 4.78 is 11.9. The normalized spacial score (nSPS) is 54.0. The Morgan fingerprint density at radius 3 is 2.57 bits per heavy atom. The molecule has 1 aliphatic heterocycles. The van der Waals surface area contributed by atoms with E-state index in [0.29, 0.717) is 17.4 Å². The van der Waals surface area contributed by atoms with E-state index in [1.807, 2.05) is 6.82 Å². The van der Waals surface area contributed by atoms with Gasteiger partial charge in [0.2, 0.25) is 0 Å². The molecule has 0 aromatic rings. The summed E-state index contributed by atoms with van der Waals surface area (Å²) in [6, 6.07) is 0. The lowest BCUT2D eigenvalue weighted by Crippen LogP contribution is -2.65. The van der Waals surface area contributed by atoms with Crippen molar-refractivity contribution in [2.45, 2.75) is 52.1 Å². The minimum absolute atomic E-state index is 0.000139. The Morgan fingerprint density at radius 1 is 1.21 bits per heavy atom. The highest BCUT2D eigenvalue weighted by Crippen LogP contribution is 2.65. The summed E-state index contributed by atoms with van der Waals surface area (Å²) in [4.78, 5) is 0. The molecule has 1 unspecified atom stereocenters. The van der Waals surface area contributed by atoms with E-state index >= 15 is 0 Å². The molecular weight excluding hydrogens is 175 g/mol. The molecule has 4 aliphatic rings. The average Bonchev–Trinajstić information content (AvgIpc) is 2.37. The second-order valence-electron chi connectivity index (χ2n) is 6.04. The Hall–Kier alpha value is -0.0151. The van der Waals surface area contributed by atoms with Gasteiger partial charge >= 0.3 is 7.12 Å². The van der Waals surface area contributed by atoms with Crippen molar-refractivity contribution in [1.29, 1.82) is 0 Å². The lowest BCUT2D eigenvalue weighted by atomic mass is 9.43. The van der Waals surface area contributed by atoms with E-state index in [0.717, 1.165) is 5.92 Å². The van der Waals surface area contributed by atoms with E-state index in [4.69, 9.17) is 9.31 Å². The van der Waals surface area contributed by atoms with E-state index in [-0.39, 0.29) is 12.7 Å². The van der Waals surface area contributed by atoms with Crippen LogP contribution in [-0.4, -0.2) is 18.8 Å². The number of hydrogen-bond donors (Lipinski definition) is 0. The Balaban J connectivity index is 1.95.